The molecular formula is C28H22Br2ClN3O5. The highest BCUT2D eigenvalue weighted by atomic mass is 79.9. The number of benzene rings is 3. The van der Waals surface area contributed by atoms with Gasteiger partial charge in [-0.2, -0.15) is 0 Å². The van der Waals surface area contributed by atoms with Crippen LogP contribution in [0.15, 0.2) is 63.0 Å². The zero-order valence-electron chi connectivity index (χ0n) is 21.0. The van der Waals surface area contributed by atoms with Crippen LogP contribution in [-0.2, 0) is 14.4 Å². The molecule has 1 aliphatic rings. The molecule has 2 N–H and O–H groups in total. The number of barbiturate groups is 1. The molecule has 0 unspecified atom stereocenters. The van der Waals surface area contributed by atoms with Gasteiger partial charge in [-0.3, -0.25) is 19.7 Å². The number of hydrogen-bond donors (Lipinski definition) is 2. The molecule has 3 aromatic carbocycles. The van der Waals surface area contributed by atoms with Crippen molar-refractivity contribution in [2.75, 3.05) is 16.8 Å². The zero-order chi connectivity index (χ0) is 28.4. The van der Waals surface area contributed by atoms with Crippen molar-refractivity contribution in [3.8, 4) is 5.75 Å². The van der Waals surface area contributed by atoms with E-state index in [0.29, 0.717) is 25.2 Å². The molecule has 0 bridgehead atoms. The lowest BCUT2D eigenvalue weighted by Crippen LogP contribution is -2.54. The van der Waals surface area contributed by atoms with Gasteiger partial charge in [-0.1, -0.05) is 39.7 Å². The Labute approximate surface area is 246 Å². The number of ether oxygens (including phenoxy) is 1. The van der Waals surface area contributed by atoms with Crippen LogP contribution in [0.5, 0.6) is 5.75 Å². The predicted molar refractivity (Wildman–Crippen MR) is 157 cm³/mol. The molecule has 1 fully saturated rings. The molecule has 0 aromatic heterocycles. The second kappa shape index (κ2) is 11.7. The Morgan fingerprint density at radius 2 is 1.72 bits per heavy atom. The van der Waals surface area contributed by atoms with Crippen LogP contribution in [0.4, 0.5) is 16.2 Å². The fourth-order valence-electron chi connectivity index (χ4n) is 3.76. The summed E-state index contributed by atoms with van der Waals surface area (Å²) in [5.74, 6) is -1.87. The SMILES string of the molecule is Cc1ccc(NC(=O)COc2c(Br)cc(Br)cc2/C=C2\C(=O)NC(=O)N(c3ccc(C)c(Cl)c3)C2=O)cc1C. The number of halogens is 3. The molecule has 1 saturated heterocycles. The number of imide groups is 2. The fourth-order valence-corrected chi connectivity index (χ4v) is 5.31. The Bertz CT molecular complexity index is 1570. The van der Waals surface area contributed by atoms with Crippen LogP contribution < -0.4 is 20.3 Å². The van der Waals surface area contributed by atoms with Crippen molar-refractivity contribution in [3.05, 3.63) is 90.3 Å². The summed E-state index contributed by atoms with van der Waals surface area (Å²) >= 11 is 13.0. The monoisotopic (exact) mass is 673 g/mol. The normalized spacial score (nSPS) is 14.5. The highest BCUT2D eigenvalue weighted by Gasteiger charge is 2.37. The molecular weight excluding hydrogens is 654 g/mol. The van der Waals surface area contributed by atoms with Gasteiger partial charge in [-0.25, -0.2) is 9.69 Å². The lowest BCUT2D eigenvalue weighted by atomic mass is 10.1. The number of aryl methyl sites for hydroxylation is 3. The number of nitrogens with one attached hydrogen (secondary N) is 2. The summed E-state index contributed by atoms with van der Waals surface area (Å²) in [6.07, 6.45) is 1.30. The second-order valence-electron chi connectivity index (χ2n) is 8.83. The average molecular weight is 676 g/mol. The molecule has 0 aliphatic carbocycles. The molecule has 5 amide bonds. The van der Waals surface area contributed by atoms with E-state index >= 15 is 0 Å². The first kappa shape index (κ1) is 28.5. The highest BCUT2D eigenvalue weighted by Crippen LogP contribution is 2.35. The minimum atomic E-state index is -0.892. The third-order valence-electron chi connectivity index (χ3n) is 5.99. The van der Waals surface area contributed by atoms with Gasteiger partial charge in [0.1, 0.15) is 11.3 Å². The van der Waals surface area contributed by atoms with Crippen LogP contribution in [0, 0.1) is 20.8 Å². The van der Waals surface area contributed by atoms with Crippen LogP contribution in [0.2, 0.25) is 5.02 Å². The summed E-state index contributed by atoms with van der Waals surface area (Å²) in [4.78, 5) is 52.1. The molecule has 8 nitrogen and oxygen atoms in total. The predicted octanol–water partition coefficient (Wildman–Crippen LogP) is 6.47. The number of anilines is 2. The summed E-state index contributed by atoms with van der Waals surface area (Å²) in [5.41, 5.74) is 3.77. The minimum absolute atomic E-state index is 0.210. The number of carbonyl (C=O) groups is 4. The van der Waals surface area contributed by atoms with E-state index in [1.54, 1.807) is 37.3 Å². The fraction of sp³-hybridized carbons (Fsp3) is 0.143. The summed E-state index contributed by atoms with van der Waals surface area (Å²) in [7, 11) is 0. The van der Waals surface area contributed by atoms with Gasteiger partial charge >= 0.3 is 6.03 Å². The summed E-state index contributed by atoms with van der Waals surface area (Å²) in [6, 6.07) is 12.7. The zero-order valence-corrected chi connectivity index (χ0v) is 25.0. The van der Waals surface area contributed by atoms with Crippen molar-refractivity contribution >= 4 is 84.7 Å². The number of hydrogen-bond acceptors (Lipinski definition) is 5. The number of carbonyl (C=O) groups excluding carboxylic acids is 4. The average Bonchev–Trinajstić information content (AvgIpc) is 2.85. The molecule has 0 radical (unpaired) electrons. The smallest absolute Gasteiger partial charge is 0.335 e. The number of urea groups is 1. The van der Waals surface area contributed by atoms with Gasteiger partial charge in [0.15, 0.2) is 6.61 Å². The first-order valence-corrected chi connectivity index (χ1v) is 13.6. The molecule has 200 valence electrons. The van der Waals surface area contributed by atoms with Gasteiger partial charge in [0.2, 0.25) is 0 Å². The van der Waals surface area contributed by atoms with Crippen molar-refractivity contribution < 1.29 is 23.9 Å². The van der Waals surface area contributed by atoms with Gasteiger partial charge in [0.25, 0.3) is 17.7 Å². The van der Waals surface area contributed by atoms with E-state index in [1.165, 1.54) is 12.1 Å². The maximum Gasteiger partial charge on any atom is 0.335 e. The molecule has 0 atom stereocenters. The quantitative estimate of drug-likeness (QED) is 0.230. The van der Waals surface area contributed by atoms with E-state index in [-0.39, 0.29) is 23.6 Å². The van der Waals surface area contributed by atoms with E-state index < -0.39 is 23.8 Å². The van der Waals surface area contributed by atoms with Crippen molar-refractivity contribution in [1.82, 2.24) is 5.32 Å². The van der Waals surface area contributed by atoms with Gasteiger partial charge in [0, 0.05) is 20.7 Å². The third kappa shape index (κ3) is 6.41. The first-order chi connectivity index (χ1) is 18.4. The van der Waals surface area contributed by atoms with E-state index in [4.69, 9.17) is 16.3 Å². The van der Waals surface area contributed by atoms with Gasteiger partial charge in [-0.05, 0) is 95.9 Å². The van der Waals surface area contributed by atoms with Crippen LogP contribution in [-0.4, -0.2) is 30.4 Å². The van der Waals surface area contributed by atoms with Gasteiger partial charge in [-0.15, -0.1) is 0 Å². The van der Waals surface area contributed by atoms with E-state index in [2.05, 4.69) is 42.5 Å². The first-order valence-electron chi connectivity index (χ1n) is 11.6. The Hall–Kier alpha value is -3.47. The molecule has 0 saturated carbocycles. The van der Waals surface area contributed by atoms with Gasteiger partial charge in [0.05, 0.1) is 10.2 Å². The molecule has 0 spiro atoms. The Balaban J connectivity index is 1.62. The third-order valence-corrected chi connectivity index (χ3v) is 7.44. The van der Waals surface area contributed by atoms with Crippen LogP contribution in [0.3, 0.4) is 0 Å². The molecule has 39 heavy (non-hydrogen) atoms. The van der Waals surface area contributed by atoms with Crippen LogP contribution >= 0.6 is 43.5 Å². The molecule has 3 aromatic rings. The van der Waals surface area contributed by atoms with E-state index in [0.717, 1.165) is 21.6 Å². The van der Waals surface area contributed by atoms with Crippen molar-refractivity contribution in [1.29, 1.82) is 0 Å². The number of amides is 5. The van der Waals surface area contributed by atoms with E-state index in [1.807, 2.05) is 26.0 Å². The standard InChI is InChI=1S/C28H22Br2ClN3O5/c1-14-4-6-19(8-16(14)3)32-24(35)13-39-25-17(9-18(29)11-22(25)30)10-21-26(36)33-28(38)34(27(21)37)20-7-5-15(2)23(31)12-20/h4-12H,13H2,1-3H3,(H,32,35)(H,33,36,38)/b21-10+. The van der Waals surface area contributed by atoms with E-state index in [9.17, 15) is 19.2 Å². The van der Waals surface area contributed by atoms with Crippen LogP contribution in [0.1, 0.15) is 22.3 Å². The van der Waals surface area contributed by atoms with Crippen molar-refractivity contribution in [2.45, 2.75) is 20.8 Å². The Kier molecular flexibility index (Phi) is 8.58. The van der Waals surface area contributed by atoms with Crippen molar-refractivity contribution in [2.24, 2.45) is 0 Å². The maximum absolute atomic E-state index is 13.4. The van der Waals surface area contributed by atoms with Gasteiger partial charge < -0.3 is 10.1 Å². The molecule has 11 heteroatoms. The maximum atomic E-state index is 13.4. The minimum Gasteiger partial charge on any atom is -0.482 e. The Morgan fingerprint density at radius 1 is 1.00 bits per heavy atom. The Morgan fingerprint density at radius 3 is 2.41 bits per heavy atom. The molecule has 1 aliphatic heterocycles. The summed E-state index contributed by atoms with van der Waals surface area (Å²) in [5, 5.41) is 5.33. The largest absolute Gasteiger partial charge is 0.482 e. The lowest BCUT2D eigenvalue weighted by Gasteiger charge is -2.26. The summed E-state index contributed by atoms with van der Waals surface area (Å²) in [6.45, 7) is 5.38. The van der Waals surface area contributed by atoms with Crippen molar-refractivity contribution in [3.63, 3.8) is 0 Å². The highest BCUT2D eigenvalue weighted by molar-refractivity contribution is 9.11. The number of nitrogens with zero attached hydrogens (tertiary/aromatic N) is 1. The summed E-state index contributed by atoms with van der Waals surface area (Å²) < 4.78 is 6.92. The van der Waals surface area contributed by atoms with Crippen LogP contribution in [0.25, 0.3) is 6.08 Å². The molecule has 4 rings (SSSR count). The second-order valence-corrected chi connectivity index (χ2v) is 11.0. The lowest BCUT2D eigenvalue weighted by molar-refractivity contribution is -0.122. The topological polar surface area (TPSA) is 105 Å². The number of rotatable bonds is 6. The molecule has 1 heterocycles.